The lowest BCUT2D eigenvalue weighted by Gasteiger charge is -2.32. The molecule has 1 aromatic heterocycles. The SMILES string of the molecule is Cc1cc(B2OC(C)(C)C(C)(C)O2)nc(C2COC2)c1. The molecule has 2 aliphatic rings. The predicted octanol–water partition coefficient (Wildman–Crippen LogP) is 1.80. The van der Waals surface area contributed by atoms with Crippen LogP contribution in [0.2, 0.25) is 0 Å². The second-order valence-electron chi connectivity index (χ2n) is 6.82. The van der Waals surface area contributed by atoms with Gasteiger partial charge in [0.15, 0.2) is 0 Å². The number of hydrogen-bond donors (Lipinski definition) is 0. The zero-order chi connectivity index (χ0) is 14.5. The highest BCUT2D eigenvalue weighted by Crippen LogP contribution is 2.36. The number of pyridine rings is 1. The van der Waals surface area contributed by atoms with Crippen molar-refractivity contribution in [1.29, 1.82) is 0 Å². The average molecular weight is 275 g/mol. The highest BCUT2D eigenvalue weighted by atomic mass is 16.7. The molecule has 3 heterocycles. The first kappa shape index (κ1) is 14.0. The summed E-state index contributed by atoms with van der Waals surface area (Å²) >= 11 is 0. The normalized spacial score (nSPS) is 24.8. The number of ether oxygens (including phenoxy) is 1. The number of rotatable bonds is 2. The van der Waals surface area contributed by atoms with Gasteiger partial charge in [0.25, 0.3) is 0 Å². The van der Waals surface area contributed by atoms with Gasteiger partial charge >= 0.3 is 7.12 Å². The lowest BCUT2D eigenvalue weighted by molar-refractivity contribution is 0.00578. The molecule has 0 atom stereocenters. The van der Waals surface area contributed by atoms with Gasteiger partial charge in [-0.1, -0.05) is 0 Å². The molecule has 3 rings (SSSR count). The fraction of sp³-hybridized carbons (Fsp3) is 0.667. The molecule has 4 nitrogen and oxygen atoms in total. The van der Waals surface area contributed by atoms with Gasteiger partial charge in [-0.25, -0.2) is 0 Å². The molecule has 0 N–H and O–H groups in total. The lowest BCUT2D eigenvalue weighted by atomic mass is 9.82. The quantitative estimate of drug-likeness (QED) is 0.772. The van der Waals surface area contributed by atoms with Crippen LogP contribution in [0.4, 0.5) is 0 Å². The van der Waals surface area contributed by atoms with Gasteiger partial charge in [0, 0.05) is 11.6 Å². The first-order valence-electron chi connectivity index (χ1n) is 7.20. The monoisotopic (exact) mass is 275 g/mol. The topological polar surface area (TPSA) is 40.6 Å². The summed E-state index contributed by atoms with van der Waals surface area (Å²) in [5.41, 5.74) is 2.48. The fourth-order valence-electron chi connectivity index (χ4n) is 2.42. The highest BCUT2D eigenvalue weighted by Gasteiger charge is 2.52. The van der Waals surface area contributed by atoms with E-state index in [0.29, 0.717) is 5.92 Å². The van der Waals surface area contributed by atoms with Crippen molar-refractivity contribution in [3.63, 3.8) is 0 Å². The zero-order valence-corrected chi connectivity index (χ0v) is 12.9. The van der Waals surface area contributed by atoms with Crippen LogP contribution in [-0.2, 0) is 14.0 Å². The van der Waals surface area contributed by atoms with Gasteiger partial charge in [0.1, 0.15) is 0 Å². The van der Waals surface area contributed by atoms with Gasteiger partial charge < -0.3 is 14.0 Å². The number of aromatic nitrogens is 1. The van der Waals surface area contributed by atoms with E-state index < -0.39 is 0 Å². The van der Waals surface area contributed by atoms with Gasteiger partial charge in [-0.2, -0.15) is 0 Å². The molecular weight excluding hydrogens is 253 g/mol. The Hall–Kier alpha value is -0.905. The first-order valence-corrected chi connectivity index (χ1v) is 7.20. The molecule has 0 radical (unpaired) electrons. The third kappa shape index (κ3) is 2.28. The first-order chi connectivity index (χ1) is 9.28. The standard InChI is InChI=1S/C15H22BNO3/c1-10-6-12(11-8-18-9-11)17-13(7-10)16-19-14(2,3)15(4,5)20-16/h6-7,11H,8-9H2,1-5H3. The Bertz CT molecular complexity index is 510. The molecule has 1 aromatic rings. The minimum absolute atomic E-state index is 0.331. The third-order valence-electron chi connectivity index (χ3n) is 4.56. The number of hydrogen-bond acceptors (Lipinski definition) is 4. The highest BCUT2D eigenvalue weighted by molar-refractivity contribution is 6.61. The van der Waals surface area contributed by atoms with Crippen molar-refractivity contribution in [2.45, 2.75) is 51.7 Å². The maximum absolute atomic E-state index is 6.08. The summed E-state index contributed by atoms with van der Waals surface area (Å²) < 4.78 is 17.4. The van der Waals surface area contributed by atoms with Gasteiger partial charge in [-0.05, 0) is 52.3 Å². The largest absolute Gasteiger partial charge is 0.514 e. The third-order valence-corrected chi connectivity index (χ3v) is 4.56. The van der Waals surface area contributed by atoms with E-state index in [2.05, 4.69) is 40.7 Å². The zero-order valence-electron chi connectivity index (χ0n) is 12.9. The van der Waals surface area contributed by atoms with Crippen LogP contribution < -0.4 is 5.59 Å². The van der Waals surface area contributed by atoms with Crippen LogP contribution in [0.25, 0.3) is 0 Å². The summed E-state index contributed by atoms with van der Waals surface area (Å²) in [6.45, 7) is 11.8. The predicted molar refractivity (Wildman–Crippen MR) is 78.3 cm³/mol. The van der Waals surface area contributed by atoms with Crippen LogP contribution in [0.3, 0.4) is 0 Å². The van der Waals surface area contributed by atoms with Gasteiger partial charge in [-0.15, -0.1) is 0 Å². The van der Waals surface area contributed by atoms with Crippen LogP contribution in [-0.4, -0.2) is 36.5 Å². The second kappa shape index (κ2) is 4.55. The molecule has 2 fully saturated rings. The van der Waals surface area contributed by atoms with E-state index in [1.807, 2.05) is 6.07 Å². The van der Waals surface area contributed by atoms with Gasteiger partial charge in [0.2, 0.25) is 0 Å². The second-order valence-corrected chi connectivity index (χ2v) is 6.82. The molecule has 0 saturated carbocycles. The van der Waals surface area contributed by atoms with E-state index in [-0.39, 0.29) is 18.3 Å². The summed E-state index contributed by atoms with van der Waals surface area (Å²) in [6.07, 6.45) is 0. The van der Waals surface area contributed by atoms with Crippen molar-refractivity contribution in [1.82, 2.24) is 4.98 Å². The van der Waals surface area contributed by atoms with E-state index in [1.165, 1.54) is 5.56 Å². The summed E-state index contributed by atoms with van der Waals surface area (Å²) in [6, 6.07) is 4.17. The minimum atomic E-state index is -0.389. The summed E-state index contributed by atoms with van der Waals surface area (Å²) in [5, 5.41) is 0. The van der Waals surface area contributed by atoms with Crippen LogP contribution in [0.15, 0.2) is 12.1 Å². The van der Waals surface area contributed by atoms with Crippen LogP contribution in [0.5, 0.6) is 0 Å². The average Bonchev–Trinajstić information content (AvgIpc) is 2.45. The Morgan fingerprint density at radius 1 is 1.10 bits per heavy atom. The van der Waals surface area contributed by atoms with Crippen LogP contribution >= 0.6 is 0 Å². The molecule has 0 aromatic carbocycles. The summed E-state index contributed by atoms with van der Waals surface area (Å²) in [5.74, 6) is 0.413. The number of aryl methyl sites for hydroxylation is 1. The molecule has 2 aliphatic heterocycles. The van der Waals surface area contributed by atoms with Crippen molar-refractivity contribution in [2.75, 3.05) is 13.2 Å². The molecule has 0 aliphatic carbocycles. The van der Waals surface area contributed by atoms with Crippen molar-refractivity contribution < 1.29 is 14.0 Å². The van der Waals surface area contributed by atoms with Crippen molar-refractivity contribution in [3.8, 4) is 0 Å². The van der Waals surface area contributed by atoms with Crippen LogP contribution in [0, 0.1) is 6.92 Å². The van der Waals surface area contributed by atoms with Crippen molar-refractivity contribution in [3.05, 3.63) is 23.4 Å². The van der Waals surface area contributed by atoms with Crippen LogP contribution in [0.1, 0.15) is 44.9 Å². The van der Waals surface area contributed by atoms with Crippen molar-refractivity contribution in [2.24, 2.45) is 0 Å². The molecule has 0 amide bonds. The van der Waals surface area contributed by atoms with E-state index in [4.69, 9.17) is 19.0 Å². The Morgan fingerprint density at radius 2 is 1.70 bits per heavy atom. The van der Waals surface area contributed by atoms with E-state index in [0.717, 1.165) is 24.5 Å². The van der Waals surface area contributed by atoms with E-state index >= 15 is 0 Å². The fourth-order valence-corrected chi connectivity index (χ4v) is 2.42. The minimum Gasteiger partial charge on any atom is -0.398 e. The molecular formula is C15H22BNO3. The summed E-state index contributed by atoms with van der Waals surface area (Å²) in [7, 11) is -0.389. The Labute approximate surface area is 121 Å². The Balaban J connectivity index is 1.89. The molecule has 0 spiro atoms. The molecule has 108 valence electrons. The smallest absolute Gasteiger partial charge is 0.398 e. The van der Waals surface area contributed by atoms with Gasteiger partial charge in [-0.3, -0.25) is 4.98 Å². The molecule has 0 unspecified atom stereocenters. The molecule has 2 saturated heterocycles. The number of nitrogens with zero attached hydrogens (tertiary/aromatic N) is 1. The maximum Gasteiger partial charge on any atom is 0.514 e. The Morgan fingerprint density at radius 3 is 2.20 bits per heavy atom. The summed E-state index contributed by atoms with van der Waals surface area (Å²) in [4.78, 5) is 4.74. The van der Waals surface area contributed by atoms with Crippen molar-refractivity contribution >= 4 is 12.7 Å². The molecule has 0 bridgehead atoms. The maximum atomic E-state index is 6.08. The lowest BCUT2D eigenvalue weighted by Crippen LogP contribution is -2.41. The van der Waals surface area contributed by atoms with E-state index in [9.17, 15) is 0 Å². The Kier molecular flexibility index (Phi) is 3.20. The molecule has 20 heavy (non-hydrogen) atoms. The molecule has 5 heteroatoms. The van der Waals surface area contributed by atoms with E-state index in [1.54, 1.807) is 0 Å². The van der Waals surface area contributed by atoms with Gasteiger partial charge in [0.05, 0.1) is 30.0 Å².